The van der Waals surface area contributed by atoms with Gasteiger partial charge in [0.25, 0.3) is 0 Å². The lowest BCUT2D eigenvalue weighted by molar-refractivity contribution is 0.920. The predicted octanol–water partition coefficient (Wildman–Crippen LogP) is 3.51. The summed E-state index contributed by atoms with van der Waals surface area (Å²) < 4.78 is 2.07. The molecule has 0 bridgehead atoms. The van der Waals surface area contributed by atoms with Crippen LogP contribution >= 0.6 is 0 Å². The first-order valence-electron chi connectivity index (χ1n) is 6.13. The van der Waals surface area contributed by atoms with Crippen LogP contribution in [0.2, 0.25) is 0 Å². The Morgan fingerprint density at radius 3 is 2.71 bits per heavy atom. The molecule has 0 fully saturated rings. The second-order valence-corrected chi connectivity index (χ2v) is 4.53. The molecule has 2 heteroatoms. The van der Waals surface area contributed by atoms with Crippen molar-refractivity contribution in [3.8, 4) is 0 Å². The van der Waals surface area contributed by atoms with Crippen molar-refractivity contribution in [2.24, 2.45) is 7.05 Å². The summed E-state index contributed by atoms with van der Waals surface area (Å²) in [5.41, 5.74) is 5.31. The van der Waals surface area contributed by atoms with E-state index < -0.39 is 0 Å². The SMILES string of the molecule is CCc1cc(NCc2ccn(C)c2)ccc1C. The molecule has 1 aromatic heterocycles. The van der Waals surface area contributed by atoms with Gasteiger partial charge in [0.05, 0.1) is 0 Å². The van der Waals surface area contributed by atoms with E-state index >= 15 is 0 Å². The maximum absolute atomic E-state index is 3.46. The van der Waals surface area contributed by atoms with E-state index in [0.29, 0.717) is 0 Å². The minimum atomic E-state index is 0.882. The number of rotatable bonds is 4. The van der Waals surface area contributed by atoms with Crippen LogP contribution in [-0.2, 0) is 20.0 Å². The van der Waals surface area contributed by atoms with Gasteiger partial charge in [-0.3, -0.25) is 0 Å². The average Bonchev–Trinajstić information content (AvgIpc) is 2.74. The predicted molar refractivity (Wildman–Crippen MR) is 73.3 cm³/mol. The summed E-state index contributed by atoms with van der Waals surface area (Å²) in [6.45, 7) is 5.25. The van der Waals surface area contributed by atoms with Crippen LogP contribution in [0, 0.1) is 6.92 Å². The third-order valence-corrected chi connectivity index (χ3v) is 3.12. The summed E-state index contributed by atoms with van der Waals surface area (Å²) in [5.74, 6) is 0. The van der Waals surface area contributed by atoms with Gasteiger partial charge in [0.15, 0.2) is 0 Å². The van der Waals surface area contributed by atoms with Gasteiger partial charge in [-0.15, -0.1) is 0 Å². The quantitative estimate of drug-likeness (QED) is 0.847. The van der Waals surface area contributed by atoms with E-state index in [1.165, 1.54) is 22.4 Å². The second-order valence-electron chi connectivity index (χ2n) is 4.53. The second kappa shape index (κ2) is 5.09. The highest BCUT2D eigenvalue weighted by atomic mass is 14.9. The molecule has 0 saturated heterocycles. The zero-order valence-corrected chi connectivity index (χ0v) is 10.8. The van der Waals surface area contributed by atoms with Gasteiger partial charge in [-0.1, -0.05) is 13.0 Å². The van der Waals surface area contributed by atoms with Crippen LogP contribution in [0.5, 0.6) is 0 Å². The van der Waals surface area contributed by atoms with Gasteiger partial charge in [-0.25, -0.2) is 0 Å². The van der Waals surface area contributed by atoms with E-state index in [4.69, 9.17) is 0 Å². The molecule has 1 N–H and O–H groups in total. The Balaban J connectivity index is 2.04. The molecule has 0 aliphatic heterocycles. The van der Waals surface area contributed by atoms with Gasteiger partial charge >= 0.3 is 0 Å². The molecule has 1 aromatic carbocycles. The lowest BCUT2D eigenvalue weighted by Crippen LogP contribution is -1.99. The molecule has 0 atom stereocenters. The molecule has 0 amide bonds. The average molecular weight is 228 g/mol. The molecule has 17 heavy (non-hydrogen) atoms. The van der Waals surface area contributed by atoms with E-state index in [-0.39, 0.29) is 0 Å². The molecule has 2 nitrogen and oxygen atoms in total. The zero-order chi connectivity index (χ0) is 12.3. The highest BCUT2D eigenvalue weighted by molar-refractivity contribution is 5.48. The molecule has 2 rings (SSSR count). The topological polar surface area (TPSA) is 17.0 Å². The van der Waals surface area contributed by atoms with Gasteiger partial charge in [-0.05, 0) is 48.2 Å². The maximum atomic E-state index is 3.46. The molecular weight excluding hydrogens is 208 g/mol. The van der Waals surface area contributed by atoms with Crippen molar-refractivity contribution < 1.29 is 0 Å². The highest BCUT2D eigenvalue weighted by Gasteiger charge is 1.99. The molecule has 0 aliphatic rings. The van der Waals surface area contributed by atoms with Crippen LogP contribution in [-0.4, -0.2) is 4.57 Å². The third kappa shape index (κ3) is 2.90. The lowest BCUT2D eigenvalue weighted by Gasteiger charge is -2.09. The first-order valence-corrected chi connectivity index (χ1v) is 6.13. The van der Waals surface area contributed by atoms with Crippen molar-refractivity contribution in [1.82, 2.24) is 4.57 Å². The van der Waals surface area contributed by atoms with Crippen molar-refractivity contribution in [3.63, 3.8) is 0 Å². The largest absolute Gasteiger partial charge is 0.381 e. The van der Waals surface area contributed by atoms with Crippen LogP contribution in [0.4, 0.5) is 5.69 Å². The standard InChI is InChI=1S/C15H20N2/c1-4-14-9-15(6-5-12(14)2)16-10-13-7-8-17(3)11-13/h5-9,11,16H,4,10H2,1-3H3. The van der Waals surface area contributed by atoms with Crippen LogP contribution in [0.1, 0.15) is 23.6 Å². The Bertz CT molecular complexity index is 497. The molecule has 1 heterocycles. The van der Waals surface area contributed by atoms with Crippen LogP contribution in [0.3, 0.4) is 0 Å². The smallest absolute Gasteiger partial charge is 0.0415 e. The van der Waals surface area contributed by atoms with E-state index in [0.717, 1.165) is 13.0 Å². The monoisotopic (exact) mass is 228 g/mol. The van der Waals surface area contributed by atoms with Crippen LogP contribution in [0.15, 0.2) is 36.7 Å². The number of aromatic nitrogens is 1. The molecule has 0 unspecified atom stereocenters. The summed E-state index contributed by atoms with van der Waals surface area (Å²) in [6, 6.07) is 8.73. The molecule has 0 saturated carbocycles. The number of nitrogens with zero attached hydrogens (tertiary/aromatic N) is 1. The lowest BCUT2D eigenvalue weighted by atomic mass is 10.1. The summed E-state index contributed by atoms with van der Waals surface area (Å²) >= 11 is 0. The van der Waals surface area contributed by atoms with Crippen molar-refractivity contribution in [2.45, 2.75) is 26.8 Å². The van der Waals surface area contributed by atoms with Gasteiger partial charge < -0.3 is 9.88 Å². The van der Waals surface area contributed by atoms with Gasteiger partial charge in [0, 0.05) is 31.7 Å². The fourth-order valence-electron chi connectivity index (χ4n) is 2.03. The number of hydrogen-bond acceptors (Lipinski definition) is 1. The molecule has 0 spiro atoms. The molecule has 90 valence electrons. The number of benzene rings is 1. The Kier molecular flexibility index (Phi) is 3.52. The van der Waals surface area contributed by atoms with E-state index in [1.54, 1.807) is 0 Å². The minimum absolute atomic E-state index is 0.882. The van der Waals surface area contributed by atoms with Crippen LogP contribution in [0.25, 0.3) is 0 Å². The van der Waals surface area contributed by atoms with E-state index in [1.807, 2.05) is 7.05 Å². The Morgan fingerprint density at radius 1 is 1.24 bits per heavy atom. The highest BCUT2D eigenvalue weighted by Crippen LogP contribution is 2.16. The van der Waals surface area contributed by atoms with Gasteiger partial charge in [0.1, 0.15) is 0 Å². The molecule has 0 aliphatic carbocycles. The van der Waals surface area contributed by atoms with Crippen molar-refractivity contribution in [3.05, 3.63) is 53.3 Å². The fraction of sp³-hybridized carbons (Fsp3) is 0.333. The number of aryl methyl sites for hydroxylation is 3. The zero-order valence-electron chi connectivity index (χ0n) is 10.8. The summed E-state index contributed by atoms with van der Waals surface area (Å²) in [4.78, 5) is 0. The van der Waals surface area contributed by atoms with Gasteiger partial charge in [0.2, 0.25) is 0 Å². The molecular formula is C15H20N2. The Labute approximate surface area is 103 Å². The molecule has 0 radical (unpaired) electrons. The number of anilines is 1. The summed E-state index contributed by atoms with van der Waals surface area (Å²) in [7, 11) is 2.05. The normalized spacial score (nSPS) is 10.5. The maximum Gasteiger partial charge on any atom is 0.0415 e. The summed E-state index contributed by atoms with van der Waals surface area (Å²) in [5, 5.41) is 3.46. The van der Waals surface area contributed by atoms with Crippen molar-refractivity contribution in [2.75, 3.05) is 5.32 Å². The first kappa shape index (κ1) is 11.8. The first-order chi connectivity index (χ1) is 8.19. The van der Waals surface area contributed by atoms with Gasteiger partial charge in [-0.2, -0.15) is 0 Å². The Hall–Kier alpha value is -1.70. The van der Waals surface area contributed by atoms with Crippen molar-refractivity contribution >= 4 is 5.69 Å². The molecule has 2 aromatic rings. The number of nitrogens with one attached hydrogen (secondary N) is 1. The Morgan fingerprint density at radius 2 is 2.06 bits per heavy atom. The van der Waals surface area contributed by atoms with Crippen LogP contribution < -0.4 is 5.32 Å². The summed E-state index contributed by atoms with van der Waals surface area (Å²) in [6.07, 6.45) is 5.30. The minimum Gasteiger partial charge on any atom is -0.381 e. The van der Waals surface area contributed by atoms with E-state index in [2.05, 4.69) is 60.4 Å². The number of hydrogen-bond donors (Lipinski definition) is 1. The third-order valence-electron chi connectivity index (χ3n) is 3.12. The van der Waals surface area contributed by atoms with Crippen molar-refractivity contribution in [1.29, 1.82) is 0 Å². The van der Waals surface area contributed by atoms with E-state index in [9.17, 15) is 0 Å². The fourth-order valence-corrected chi connectivity index (χ4v) is 2.03.